The SMILES string of the molecule is CC(OC(=O)c1cc(O)ccc1C(F)(F)F)C(=O)N(C)C. The van der Waals surface area contributed by atoms with E-state index in [4.69, 9.17) is 4.74 Å². The number of aromatic hydroxyl groups is 1. The highest BCUT2D eigenvalue weighted by Crippen LogP contribution is 2.34. The molecule has 0 aliphatic rings. The topological polar surface area (TPSA) is 66.8 Å². The molecule has 0 bridgehead atoms. The highest BCUT2D eigenvalue weighted by Gasteiger charge is 2.36. The van der Waals surface area contributed by atoms with Crippen LogP contribution in [0.5, 0.6) is 5.75 Å². The predicted molar refractivity (Wildman–Crippen MR) is 66.7 cm³/mol. The lowest BCUT2D eigenvalue weighted by Gasteiger charge is -2.18. The molecular weight excluding hydrogens is 291 g/mol. The second kappa shape index (κ2) is 6.02. The lowest BCUT2D eigenvalue weighted by atomic mass is 10.1. The number of carbonyl (C=O) groups is 2. The Labute approximate surface area is 118 Å². The minimum atomic E-state index is -4.78. The van der Waals surface area contributed by atoms with Crippen molar-refractivity contribution in [2.45, 2.75) is 19.2 Å². The normalized spacial score (nSPS) is 12.7. The molecule has 0 aliphatic heterocycles. The molecule has 21 heavy (non-hydrogen) atoms. The molecule has 116 valence electrons. The van der Waals surface area contributed by atoms with Crippen LogP contribution in [-0.2, 0) is 15.7 Å². The maximum atomic E-state index is 12.8. The molecule has 0 saturated carbocycles. The van der Waals surface area contributed by atoms with Gasteiger partial charge in [-0.1, -0.05) is 0 Å². The van der Waals surface area contributed by atoms with Crippen molar-refractivity contribution in [3.8, 4) is 5.75 Å². The standard InChI is InChI=1S/C13H14F3NO4/c1-7(11(19)17(2)3)21-12(20)9-6-8(18)4-5-10(9)13(14,15)16/h4-7,18H,1-3H3. The van der Waals surface area contributed by atoms with Crippen LogP contribution in [0.4, 0.5) is 13.2 Å². The average molecular weight is 305 g/mol. The lowest BCUT2D eigenvalue weighted by molar-refractivity contribution is -0.138. The third-order valence-corrected chi connectivity index (χ3v) is 2.60. The number of benzene rings is 1. The first-order chi connectivity index (χ1) is 9.54. The van der Waals surface area contributed by atoms with Gasteiger partial charge >= 0.3 is 12.1 Å². The third-order valence-electron chi connectivity index (χ3n) is 2.60. The molecule has 1 amide bonds. The molecule has 0 spiro atoms. The van der Waals surface area contributed by atoms with Crippen LogP contribution in [0.1, 0.15) is 22.8 Å². The quantitative estimate of drug-likeness (QED) is 0.868. The maximum Gasteiger partial charge on any atom is 0.417 e. The number of likely N-dealkylation sites (N-methyl/N-ethyl adjacent to an activating group) is 1. The third kappa shape index (κ3) is 4.11. The van der Waals surface area contributed by atoms with Crippen LogP contribution < -0.4 is 0 Å². The highest BCUT2D eigenvalue weighted by molar-refractivity contribution is 5.94. The van der Waals surface area contributed by atoms with Crippen LogP contribution >= 0.6 is 0 Å². The van der Waals surface area contributed by atoms with Crippen molar-refractivity contribution >= 4 is 11.9 Å². The summed E-state index contributed by atoms with van der Waals surface area (Å²) in [5, 5.41) is 9.23. The fourth-order valence-electron chi connectivity index (χ4n) is 1.59. The summed E-state index contributed by atoms with van der Waals surface area (Å²) in [6, 6.07) is 2.04. The summed E-state index contributed by atoms with van der Waals surface area (Å²) in [6.45, 7) is 1.25. The van der Waals surface area contributed by atoms with Crippen LogP contribution in [0.25, 0.3) is 0 Å². The molecule has 0 heterocycles. The molecule has 5 nitrogen and oxygen atoms in total. The van der Waals surface area contributed by atoms with Crippen LogP contribution in [0.2, 0.25) is 0 Å². The van der Waals surface area contributed by atoms with Crippen molar-refractivity contribution in [3.63, 3.8) is 0 Å². The summed E-state index contributed by atoms with van der Waals surface area (Å²) in [5.74, 6) is -2.42. The molecule has 1 aromatic rings. The second-order valence-electron chi connectivity index (χ2n) is 4.51. The molecule has 0 saturated heterocycles. The molecule has 1 aromatic carbocycles. The number of phenolic OH excluding ortho intramolecular Hbond substituents is 1. The Balaban J connectivity index is 3.08. The van der Waals surface area contributed by atoms with Crippen molar-refractivity contribution in [2.75, 3.05) is 14.1 Å². The zero-order valence-corrected chi connectivity index (χ0v) is 11.6. The van der Waals surface area contributed by atoms with Gasteiger partial charge < -0.3 is 14.7 Å². The van der Waals surface area contributed by atoms with Crippen LogP contribution in [0, 0.1) is 0 Å². The number of ether oxygens (including phenoxy) is 1. The van der Waals surface area contributed by atoms with E-state index in [9.17, 15) is 27.9 Å². The molecule has 1 unspecified atom stereocenters. The lowest BCUT2D eigenvalue weighted by Crippen LogP contribution is -2.35. The number of alkyl halides is 3. The molecule has 8 heteroatoms. The van der Waals surface area contributed by atoms with Crippen molar-refractivity contribution in [3.05, 3.63) is 29.3 Å². The van der Waals surface area contributed by atoms with E-state index in [-0.39, 0.29) is 0 Å². The van der Waals surface area contributed by atoms with Crippen LogP contribution in [0.3, 0.4) is 0 Å². The Morgan fingerprint density at radius 2 is 1.86 bits per heavy atom. The van der Waals surface area contributed by atoms with Gasteiger partial charge in [0.05, 0.1) is 11.1 Å². The summed E-state index contributed by atoms with van der Waals surface area (Å²) < 4.78 is 43.1. The monoisotopic (exact) mass is 305 g/mol. The number of halogens is 3. The van der Waals surface area contributed by atoms with E-state index in [1.165, 1.54) is 21.0 Å². The Bertz CT molecular complexity index is 555. The average Bonchev–Trinajstić information content (AvgIpc) is 2.35. The van der Waals surface area contributed by atoms with Gasteiger partial charge in [-0.3, -0.25) is 4.79 Å². The van der Waals surface area contributed by atoms with E-state index in [0.29, 0.717) is 12.1 Å². The molecular formula is C13H14F3NO4. The predicted octanol–water partition coefficient (Wildman–Crippen LogP) is 2.04. The van der Waals surface area contributed by atoms with Gasteiger partial charge in [0.2, 0.25) is 0 Å². The Morgan fingerprint density at radius 3 is 2.33 bits per heavy atom. The van der Waals surface area contributed by atoms with E-state index < -0.39 is 41.0 Å². The Morgan fingerprint density at radius 1 is 1.29 bits per heavy atom. The zero-order valence-electron chi connectivity index (χ0n) is 11.6. The molecule has 1 atom stereocenters. The molecule has 0 radical (unpaired) electrons. The highest BCUT2D eigenvalue weighted by atomic mass is 19.4. The van der Waals surface area contributed by atoms with Gasteiger partial charge in [-0.05, 0) is 25.1 Å². The minimum absolute atomic E-state index is 0.512. The number of amides is 1. The fourth-order valence-corrected chi connectivity index (χ4v) is 1.59. The van der Waals surface area contributed by atoms with Crippen LogP contribution in [0.15, 0.2) is 18.2 Å². The summed E-state index contributed by atoms with van der Waals surface area (Å²) in [6.07, 6.45) is -6.02. The first kappa shape index (κ1) is 16.8. The largest absolute Gasteiger partial charge is 0.508 e. The molecule has 0 aliphatic carbocycles. The van der Waals surface area contributed by atoms with E-state index in [1.807, 2.05) is 0 Å². The van der Waals surface area contributed by atoms with Crippen LogP contribution in [-0.4, -0.2) is 42.1 Å². The van der Waals surface area contributed by atoms with Gasteiger partial charge in [0.1, 0.15) is 5.75 Å². The summed E-state index contributed by atoms with van der Waals surface area (Å²) >= 11 is 0. The Hall–Kier alpha value is -2.25. The summed E-state index contributed by atoms with van der Waals surface area (Å²) in [5.41, 5.74) is -2.09. The van der Waals surface area contributed by atoms with Gasteiger partial charge in [-0.25, -0.2) is 4.79 Å². The zero-order chi connectivity index (χ0) is 16.4. The Kier molecular flexibility index (Phi) is 4.82. The number of esters is 1. The smallest absolute Gasteiger partial charge is 0.417 e. The molecule has 0 fully saturated rings. The number of phenols is 1. The maximum absolute atomic E-state index is 12.8. The first-order valence-corrected chi connectivity index (χ1v) is 5.86. The molecule has 0 aromatic heterocycles. The number of rotatable bonds is 3. The van der Waals surface area contributed by atoms with Gasteiger partial charge in [0, 0.05) is 14.1 Å². The van der Waals surface area contributed by atoms with Gasteiger partial charge in [0.15, 0.2) is 6.10 Å². The summed E-state index contributed by atoms with van der Waals surface area (Å²) in [4.78, 5) is 24.5. The first-order valence-electron chi connectivity index (χ1n) is 5.86. The van der Waals surface area contributed by atoms with Crippen molar-refractivity contribution in [1.29, 1.82) is 0 Å². The van der Waals surface area contributed by atoms with E-state index in [1.54, 1.807) is 0 Å². The van der Waals surface area contributed by atoms with Gasteiger partial charge in [0.25, 0.3) is 5.91 Å². The van der Waals surface area contributed by atoms with Crippen molar-refractivity contribution in [1.82, 2.24) is 4.90 Å². The number of nitrogens with zero attached hydrogens (tertiary/aromatic N) is 1. The van der Waals surface area contributed by atoms with Gasteiger partial charge in [-0.2, -0.15) is 13.2 Å². The summed E-state index contributed by atoms with van der Waals surface area (Å²) in [7, 11) is 2.84. The number of hydrogen-bond acceptors (Lipinski definition) is 4. The number of hydrogen-bond donors (Lipinski definition) is 1. The molecule has 1 N–H and O–H groups in total. The van der Waals surface area contributed by atoms with E-state index >= 15 is 0 Å². The van der Waals surface area contributed by atoms with Crippen molar-refractivity contribution in [2.24, 2.45) is 0 Å². The minimum Gasteiger partial charge on any atom is -0.508 e. The fraction of sp³-hybridized carbons (Fsp3) is 0.385. The van der Waals surface area contributed by atoms with Crippen molar-refractivity contribution < 1.29 is 32.6 Å². The molecule has 1 rings (SSSR count). The van der Waals surface area contributed by atoms with Gasteiger partial charge in [-0.15, -0.1) is 0 Å². The van der Waals surface area contributed by atoms with E-state index in [2.05, 4.69) is 0 Å². The number of carbonyl (C=O) groups excluding carboxylic acids is 2. The van der Waals surface area contributed by atoms with E-state index in [0.717, 1.165) is 11.0 Å². The second-order valence-corrected chi connectivity index (χ2v) is 4.51.